The van der Waals surface area contributed by atoms with Gasteiger partial charge in [-0.05, 0) is 117 Å². The highest BCUT2D eigenvalue weighted by molar-refractivity contribution is 7.59. The molecule has 2 aliphatic carbocycles. The lowest BCUT2D eigenvalue weighted by molar-refractivity contribution is -0.151. The molecule has 2 atom stereocenters. The minimum atomic E-state index is -2.32. The number of methoxy groups -OCH3 is 1. The number of alkyl halides is 1. The molecule has 6 nitrogen and oxygen atoms in total. The Morgan fingerprint density at radius 1 is 1.00 bits per heavy atom. The van der Waals surface area contributed by atoms with E-state index in [0.717, 1.165) is 61.1 Å². The van der Waals surface area contributed by atoms with Gasteiger partial charge in [0.05, 0.1) is 20.1 Å². The number of aliphatic carboxylic acids is 1. The second-order valence-corrected chi connectivity index (χ2v) is 11.7. The molecule has 5 rings (SSSR count). The van der Waals surface area contributed by atoms with E-state index in [2.05, 4.69) is 4.98 Å². The van der Waals surface area contributed by atoms with Crippen LogP contribution >= 0.6 is 13.5 Å². The van der Waals surface area contributed by atoms with Gasteiger partial charge in [0.25, 0.3) is 0 Å². The minimum Gasteiger partial charge on any atom is -0.497 e. The van der Waals surface area contributed by atoms with Crippen LogP contribution in [0.5, 0.6) is 11.5 Å². The largest absolute Gasteiger partial charge is 0.497 e. The lowest BCUT2D eigenvalue weighted by Gasteiger charge is -2.30. The average Bonchev–Trinajstić information content (AvgIpc) is 3.81. The standard InChI is InChI=1S/C34H38FNO5.H2S/c1-34(35,33(38)39)32(24-13-14-24)25-6-5-8-28(18-25)41-21-22-9-11-23(12-10-22)30-20-27(40-2)15-16-29(30)31(37)19-26-7-3-4-17-36-26;/h3-8,15-18,20,22-24,32H,9-14,19,21H2,1-2H3,(H,38,39);1H2/t22?,23?,32-,34?;/m0./s1. The van der Waals surface area contributed by atoms with Crippen LogP contribution in [0, 0.1) is 11.8 Å². The van der Waals surface area contributed by atoms with E-state index < -0.39 is 17.6 Å². The van der Waals surface area contributed by atoms with Gasteiger partial charge in [-0.25, -0.2) is 9.18 Å². The van der Waals surface area contributed by atoms with Gasteiger partial charge >= 0.3 is 5.97 Å². The van der Waals surface area contributed by atoms with Crippen molar-refractivity contribution in [3.8, 4) is 11.5 Å². The van der Waals surface area contributed by atoms with Gasteiger partial charge in [0.15, 0.2) is 5.78 Å². The second kappa shape index (κ2) is 13.7. The molecule has 0 spiro atoms. The van der Waals surface area contributed by atoms with E-state index in [1.807, 2.05) is 60.7 Å². The third-order valence-corrected chi connectivity index (χ3v) is 8.71. The number of hydrogen-bond donors (Lipinski definition) is 1. The van der Waals surface area contributed by atoms with Gasteiger partial charge < -0.3 is 14.6 Å². The number of rotatable bonds is 12. The highest BCUT2D eigenvalue weighted by Gasteiger charge is 2.50. The van der Waals surface area contributed by atoms with Gasteiger partial charge in [0.1, 0.15) is 11.5 Å². The highest BCUT2D eigenvalue weighted by Crippen LogP contribution is 2.50. The molecule has 0 amide bonds. The van der Waals surface area contributed by atoms with Gasteiger partial charge in [0, 0.05) is 23.4 Å². The summed E-state index contributed by atoms with van der Waals surface area (Å²) in [5.41, 5.74) is 0.889. The quantitative estimate of drug-likeness (QED) is 0.222. The Hall–Kier alpha value is -3.39. The molecule has 1 unspecified atom stereocenters. The van der Waals surface area contributed by atoms with Gasteiger partial charge in [-0.2, -0.15) is 13.5 Å². The molecule has 1 aromatic heterocycles. The normalized spacial score (nSPS) is 20.5. The summed E-state index contributed by atoms with van der Waals surface area (Å²) >= 11 is 0. The molecule has 2 aliphatic rings. The van der Waals surface area contributed by atoms with Crippen molar-refractivity contribution in [2.45, 2.75) is 69.4 Å². The van der Waals surface area contributed by atoms with Gasteiger partial charge in [-0.3, -0.25) is 9.78 Å². The summed E-state index contributed by atoms with van der Waals surface area (Å²) in [5, 5.41) is 9.50. The van der Waals surface area contributed by atoms with Crippen molar-refractivity contribution >= 4 is 25.2 Å². The van der Waals surface area contributed by atoms with Crippen molar-refractivity contribution in [1.82, 2.24) is 4.98 Å². The summed E-state index contributed by atoms with van der Waals surface area (Å²) < 4.78 is 26.9. The second-order valence-electron chi connectivity index (χ2n) is 11.7. The molecule has 8 heteroatoms. The zero-order valence-electron chi connectivity index (χ0n) is 24.2. The lowest BCUT2D eigenvalue weighted by Crippen LogP contribution is -2.38. The molecule has 0 bridgehead atoms. The Labute approximate surface area is 254 Å². The van der Waals surface area contributed by atoms with Crippen LogP contribution < -0.4 is 9.47 Å². The number of ether oxygens (including phenoxy) is 2. The van der Waals surface area contributed by atoms with Crippen molar-refractivity contribution < 1.29 is 28.6 Å². The summed E-state index contributed by atoms with van der Waals surface area (Å²) in [6.07, 6.45) is 7.45. The fourth-order valence-corrected chi connectivity index (χ4v) is 6.26. The number of aromatic nitrogens is 1. The average molecular weight is 594 g/mol. The van der Waals surface area contributed by atoms with E-state index in [1.165, 1.54) is 6.92 Å². The first-order valence-electron chi connectivity index (χ1n) is 14.5. The number of nitrogens with zero attached hydrogens (tertiary/aromatic N) is 1. The zero-order chi connectivity index (χ0) is 29.0. The summed E-state index contributed by atoms with van der Waals surface area (Å²) in [7, 11) is 1.64. The molecular weight excluding hydrogens is 553 g/mol. The maximum Gasteiger partial charge on any atom is 0.341 e. The Bertz CT molecular complexity index is 1370. The highest BCUT2D eigenvalue weighted by atomic mass is 32.1. The number of carbonyl (C=O) groups is 2. The third-order valence-electron chi connectivity index (χ3n) is 8.71. The lowest BCUT2D eigenvalue weighted by atomic mass is 9.77. The predicted molar refractivity (Wildman–Crippen MR) is 165 cm³/mol. The molecule has 1 N–H and O–H groups in total. The summed E-state index contributed by atoms with van der Waals surface area (Å²) in [6.45, 7) is 1.71. The third kappa shape index (κ3) is 7.33. The van der Waals surface area contributed by atoms with E-state index in [0.29, 0.717) is 23.8 Å². The first kappa shape index (κ1) is 31.5. The summed E-state index contributed by atoms with van der Waals surface area (Å²) in [4.78, 5) is 29.2. The van der Waals surface area contributed by atoms with Gasteiger partial charge in [0.2, 0.25) is 5.67 Å². The smallest absolute Gasteiger partial charge is 0.341 e. The number of halogens is 1. The number of Topliss-reactive ketones (excluding diaryl/α,β-unsaturated/α-hetero) is 1. The predicted octanol–water partition coefficient (Wildman–Crippen LogP) is 7.29. The molecule has 2 fully saturated rings. The number of ketones is 1. The topological polar surface area (TPSA) is 85.7 Å². The molecule has 0 radical (unpaired) electrons. The fraction of sp³-hybridized carbons (Fsp3) is 0.441. The van der Waals surface area contributed by atoms with Gasteiger partial charge in [-0.15, -0.1) is 0 Å². The number of carboxylic acids is 1. The van der Waals surface area contributed by atoms with Crippen molar-refractivity contribution in [2.75, 3.05) is 13.7 Å². The number of hydrogen-bond acceptors (Lipinski definition) is 5. The molecule has 3 aromatic rings. The number of carboxylic acid groups (broad SMARTS) is 1. The van der Waals surface area contributed by atoms with Crippen molar-refractivity contribution in [2.24, 2.45) is 11.8 Å². The van der Waals surface area contributed by atoms with Crippen LogP contribution in [0.15, 0.2) is 66.9 Å². The maximum absolute atomic E-state index is 15.2. The Balaban J connectivity index is 0.00000405. The van der Waals surface area contributed by atoms with Crippen LogP contribution in [0.3, 0.4) is 0 Å². The zero-order valence-corrected chi connectivity index (χ0v) is 25.2. The van der Waals surface area contributed by atoms with E-state index in [1.54, 1.807) is 13.3 Å². The number of pyridine rings is 1. The Kier molecular flexibility index (Phi) is 10.3. The molecule has 42 heavy (non-hydrogen) atoms. The van der Waals surface area contributed by atoms with Crippen LogP contribution in [0.2, 0.25) is 0 Å². The minimum absolute atomic E-state index is 0. The van der Waals surface area contributed by atoms with Crippen LogP contribution in [-0.4, -0.2) is 41.2 Å². The number of carbonyl (C=O) groups excluding carboxylic acids is 1. The molecule has 224 valence electrons. The van der Waals surface area contributed by atoms with E-state index in [9.17, 15) is 14.7 Å². The molecule has 2 aromatic carbocycles. The number of benzene rings is 2. The van der Waals surface area contributed by atoms with Crippen molar-refractivity contribution in [1.29, 1.82) is 0 Å². The van der Waals surface area contributed by atoms with Crippen LogP contribution in [-0.2, 0) is 11.2 Å². The van der Waals surface area contributed by atoms with E-state index in [4.69, 9.17) is 9.47 Å². The molecular formula is C34H40FNO5S. The monoisotopic (exact) mass is 593 g/mol. The SMILES string of the molecule is COc1ccc(C(=O)Cc2ccccn2)c(C2CCC(COc3cccc([C@H](C4CC4)C(C)(F)C(=O)O)c3)CC2)c1.S. The van der Waals surface area contributed by atoms with Crippen LogP contribution in [0.1, 0.15) is 84.5 Å². The first-order valence-corrected chi connectivity index (χ1v) is 14.5. The Morgan fingerprint density at radius 3 is 2.40 bits per heavy atom. The first-order chi connectivity index (χ1) is 19.8. The van der Waals surface area contributed by atoms with Crippen LogP contribution in [0.25, 0.3) is 0 Å². The summed E-state index contributed by atoms with van der Waals surface area (Å²) in [6, 6.07) is 18.6. The van der Waals surface area contributed by atoms with E-state index in [-0.39, 0.29) is 37.5 Å². The molecule has 2 saturated carbocycles. The van der Waals surface area contributed by atoms with Crippen molar-refractivity contribution in [3.63, 3.8) is 0 Å². The fourth-order valence-electron chi connectivity index (χ4n) is 6.26. The maximum atomic E-state index is 15.2. The summed E-state index contributed by atoms with van der Waals surface area (Å²) in [5.74, 6) is 0.00456. The van der Waals surface area contributed by atoms with Gasteiger partial charge in [-0.1, -0.05) is 18.2 Å². The van der Waals surface area contributed by atoms with Crippen molar-refractivity contribution in [3.05, 3.63) is 89.2 Å². The Morgan fingerprint density at radius 2 is 1.76 bits per heavy atom. The van der Waals surface area contributed by atoms with E-state index >= 15 is 4.39 Å². The molecule has 1 heterocycles. The van der Waals surface area contributed by atoms with Crippen LogP contribution in [0.4, 0.5) is 4.39 Å². The molecule has 0 aliphatic heterocycles. The molecule has 0 saturated heterocycles.